The minimum absolute atomic E-state index is 0. The second-order valence-electron chi connectivity index (χ2n) is 21.0. The van der Waals surface area contributed by atoms with Crippen LogP contribution in [-0.2, 0) is 37.3 Å². The Morgan fingerprint density at radius 3 is 1.90 bits per heavy atom. The van der Waals surface area contributed by atoms with Crippen LogP contribution in [0.1, 0.15) is 157 Å². The van der Waals surface area contributed by atoms with Gasteiger partial charge in [0.1, 0.15) is 11.6 Å². The molecule has 67 heavy (non-hydrogen) atoms. The molecule has 0 aliphatic carbocycles. The first kappa shape index (κ1) is 35.6. The summed E-state index contributed by atoms with van der Waals surface area (Å²) in [6, 6.07) is 29.1. The van der Waals surface area contributed by atoms with Crippen LogP contribution in [0.5, 0.6) is 5.75 Å². The van der Waals surface area contributed by atoms with Crippen LogP contribution in [0.3, 0.4) is 0 Å². The van der Waals surface area contributed by atoms with Gasteiger partial charge in [0.2, 0.25) is 0 Å². The Hall–Kier alpha value is -5.57. The summed E-state index contributed by atoms with van der Waals surface area (Å²) in [4.78, 5) is 10.2. The number of phenols is 1. The Labute approximate surface area is 432 Å². The van der Waals surface area contributed by atoms with E-state index >= 15 is 0 Å². The topological polar surface area (TPSA) is 50.9 Å². The number of pyridine rings is 1. The van der Waals surface area contributed by atoms with Crippen molar-refractivity contribution in [2.45, 2.75) is 132 Å². The minimum atomic E-state index is -2.87. The molecule has 348 valence electrons. The van der Waals surface area contributed by atoms with Crippen LogP contribution in [0.25, 0.3) is 72.7 Å². The van der Waals surface area contributed by atoms with E-state index in [4.69, 9.17) is 26.4 Å². The first-order valence-electron chi connectivity index (χ1n) is 28.5. The quantitative estimate of drug-likeness (QED) is 0.154. The number of hydrogen-bond donors (Lipinski definition) is 1. The van der Waals surface area contributed by atoms with Gasteiger partial charge in [-0.1, -0.05) is 179 Å². The molecule has 0 radical (unpaired) electrons. The zero-order valence-electron chi connectivity index (χ0n) is 52.8. The predicted molar refractivity (Wildman–Crippen MR) is 280 cm³/mol. The fourth-order valence-corrected chi connectivity index (χ4v) is 8.31. The van der Waals surface area contributed by atoms with E-state index in [0.717, 1.165) is 11.1 Å². The maximum Gasteiger partial charge on any atom is 0.148 e. The molecule has 4 nitrogen and oxygen atoms in total. The van der Waals surface area contributed by atoms with Crippen molar-refractivity contribution >= 4 is 11.0 Å². The van der Waals surface area contributed by atoms with E-state index in [0.29, 0.717) is 83.9 Å². The molecular formula is C62H68N3OPt-. The summed E-state index contributed by atoms with van der Waals surface area (Å²) < 4.78 is 106. The molecule has 0 atom stereocenters. The Morgan fingerprint density at radius 2 is 1.28 bits per heavy atom. The fourth-order valence-electron chi connectivity index (χ4n) is 8.31. The number of rotatable bonds is 8. The van der Waals surface area contributed by atoms with Gasteiger partial charge in [0, 0.05) is 49.5 Å². The maximum absolute atomic E-state index is 12.6. The number of para-hydroxylation sites is 1. The molecule has 5 heteroatoms. The van der Waals surface area contributed by atoms with E-state index in [1.54, 1.807) is 52.0 Å². The zero-order valence-corrected chi connectivity index (χ0v) is 43.1. The molecule has 0 saturated carbocycles. The largest absolute Gasteiger partial charge is 0.507 e. The van der Waals surface area contributed by atoms with Gasteiger partial charge in [-0.3, -0.25) is 9.55 Å². The molecule has 0 aliphatic rings. The molecule has 2 aromatic heterocycles. The second kappa shape index (κ2) is 18.5. The molecule has 0 amide bonds. The number of phenolic OH excluding ortho intramolecular Hbond substituents is 1. The van der Waals surface area contributed by atoms with Crippen molar-refractivity contribution in [3.8, 4) is 67.5 Å². The van der Waals surface area contributed by atoms with Crippen molar-refractivity contribution < 1.29 is 42.6 Å². The van der Waals surface area contributed by atoms with Gasteiger partial charge in [0.05, 0.1) is 27.8 Å². The van der Waals surface area contributed by atoms with E-state index in [1.165, 1.54) is 6.20 Å². The van der Waals surface area contributed by atoms with Gasteiger partial charge in [0.25, 0.3) is 0 Å². The van der Waals surface area contributed by atoms with Crippen molar-refractivity contribution in [2.24, 2.45) is 0 Å². The summed E-state index contributed by atoms with van der Waals surface area (Å²) in [7, 11) is 0. The van der Waals surface area contributed by atoms with Gasteiger partial charge in [-0.25, -0.2) is 4.98 Å². The van der Waals surface area contributed by atoms with E-state index in [-0.39, 0.29) is 43.4 Å². The van der Waals surface area contributed by atoms with E-state index in [9.17, 15) is 5.11 Å². The number of imidazole rings is 1. The zero-order chi connectivity index (χ0) is 57.9. The normalized spacial score (nSPS) is 15.6. The number of aryl methyl sites for hydroxylation is 1. The first-order chi connectivity index (χ1) is 35.7. The third-order valence-corrected chi connectivity index (χ3v) is 12.3. The van der Waals surface area contributed by atoms with Crippen LogP contribution in [0.15, 0.2) is 121 Å². The standard InChI is InChI=1S/C62H68N3O.Pt/c1-37(2)44-28-45(38(3)4)30-46(29-44)42-23-24-55(40(6)27-42)65-56-18-16-17-51(57(56)64-59(65)52-35-50(61(10,11)12)36-53(58(52)66)62(13,14)15)47-31-48(33-49(32-47)60(7,8)9)54-34-43(25-26-63-54)41-21-19-39(5)20-22-41;/h16-30,32-38,66H,1-15H3;/q-1;/i5D3,6D3,19D,20D,21D,22D,37D,38D;. The molecule has 8 aromatic rings. The molecule has 2 heterocycles. The number of nitrogens with zero attached hydrogens (tertiary/aromatic N) is 3. The number of benzene rings is 6. The van der Waals surface area contributed by atoms with Gasteiger partial charge >= 0.3 is 0 Å². The summed E-state index contributed by atoms with van der Waals surface area (Å²) in [5.41, 5.74) is 7.28. The summed E-state index contributed by atoms with van der Waals surface area (Å²) in [5, 5.41) is 12.6. The van der Waals surface area contributed by atoms with Crippen molar-refractivity contribution in [2.75, 3.05) is 0 Å². The third kappa shape index (κ3) is 10.0. The van der Waals surface area contributed by atoms with Gasteiger partial charge in [-0.15, -0.1) is 29.3 Å². The Morgan fingerprint density at radius 1 is 0.642 bits per heavy atom. The van der Waals surface area contributed by atoms with E-state index < -0.39 is 66.1 Å². The van der Waals surface area contributed by atoms with E-state index in [1.807, 2.05) is 92.1 Å². The van der Waals surface area contributed by atoms with Crippen molar-refractivity contribution in [3.63, 3.8) is 0 Å². The summed E-state index contributed by atoms with van der Waals surface area (Å²) in [5.74, 6) is -1.72. The summed E-state index contributed by atoms with van der Waals surface area (Å²) in [6.45, 7) is 20.2. The van der Waals surface area contributed by atoms with Gasteiger partial charge in [-0.2, -0.15) is 0 Å². The van der Waals surface area contributed by atoms with Crippen LogP contribution >= 0.6 is 0 Å². The molecule has 6 aromatic carbocycles. The van der Waals surface area contributed by atoms with Crippen molar-refractivity contribution in [3.05, 3.63) is 166 Å². The molecule has 0 unspecified atom stereocenters. The SMILES string of the molecule is [2H]c1c([2H])c(C([2H])([2H])[2H])c([2H])c([2H])c1-c1ccnc(-c2[c-]c(-c3cccc4c3nc(-c3cc(C(C)(C)C)cc(C(C)(C)C)c3O)n4-c3ccc(-c4cc(C([2H])(C)C)cc(C([2H])(C)C)c4)cc3C([2H])([2H])[2H])cc(C(C)(C)C)c2)c1.[Pt]. The number of aromatic nitrogens is 3. The third-order valence-electron chi connectivity index (χ3n) is 12.3. The average molecular weight is 1080 g/mol. The van der Waals surface area contributed by atoms with Crippen LogP contribution in [0.4, 0.5) is 0 Å². The number of hydrogen-bond acceptors (Lipinski definition) is 3. The Balaban J connectivity index is 0.00000903. The smallest absolute Gasteiger partial charge is 0.148 e. The van der Waals surface area contributed by atoms with Crippen LogP contribution in [0, 0.1) is 19.8 Å². The number of aromatic hydroxyl groups is 1. The maximum atomic E-state index is 12.6. The molecule has 0 bridgehead atoms. The Kier molecular flexibility index (Phi) is 9.81. The molecule has 0 aliphatic heterocycles. The van der Waals surface area contributed by atoms with Gasteiger partial charge < -0.3 is 5.11 Å². The monoisotopic (exact) mass is 1080 g/mol. The van der Waals surface area contributed by atoms with E-state index in [2.05, 4.69) is 47.6 Å². The average Bonchev–Trinajstić information content (AvgIpc) is 3.85. The first-order valence-corrected chi connectivity index (χ1v) is 22.5. The number of fused-ring (bicyclic) bond motifs is 1. The predicted octanol–water partition coefficient (Wildman–Crippen LogP) is 17.0. The Bertz CT molecular complexity index is 3630. The van der Waals surface area contributed by atoms with Crippen LogP contribution in [0.2, 0.25) is 0 Å². The molecule has 0 fully saturated rings. The molecule has 0 saturated heterocycles. The fraction of sp³-hybridized carbons (Fsp3) is 0.323. The van der Waals surface area contributed by atoms with Gasteiger partial charge in [0.15, 0.2) is 0 Å². The second-order valence-corrected chi connectivity index (χ2v) is 21.0. The van der Waals surface area contributed by atoms with Crippen LogP contribution < -0.4 is 0 Å². The van der Waals surface area contributed by atoms with Crippen molar-refractivity contribution in [1.29, 1.82) is 0 Å². The summed E-state index contributed by atoms with van der Waals surface area (Å²) >= 11 is 0. The molecular weight excluding hydrogens is 998 g/mol. The van der Waals surface area contributed by atoms with Crippen LogP contribution in [-0.4, -0.2) is 19.6 Å². The van der Waals surface area contributed by atoms with Gasteiger partial charge in [-0.05, 0) is 117 Å². The molecule has 0 spiro atoms. The molecule has 8 rings (SSSR count). The summed E-state index contributed by atoms with van der Waals surface area (Å²) in [6.07, 6.45) is 1.50. The minimum Gasteiger partial charge on any atom is -0.507 e. The van der Waals surface area contributed by atoms with Crippen molar-refractivity contribution in [1.82, 2.24) is 14.5 Å². The molecule has 1 N–H and O–H groups in total.